The lowest BCUT2D eigenvalue weighted by Gasteiger charge is -2.41. The van der Waals surface area contributed by atoms with Gasteiger partial charge in [0.1, 0.15) is 0 Å². The van der Waals surface area contributed by atoms with Crippen molar-refractivity contribution < 1.29 is 14.7 Å². The molecule has 2 N–H and O–H groups in total. The third-order valence-electron chi connectivity index (χ3n) is 3.92. The molecule has 20 heavy (non-hydrogen) atoms. The van der Waals surface area contributed by atoms with Crippen LogP contribution in [0.15, 0.2) is 12.1 Å². The number of carboxylic acid groups (broad SMARTS) is 1. The van der Waals surface area contributed by atoms with Crippen molar-refractivity contribution in [3.63, 3.8) is 0 Å². The van der Waals surface area contributed by atoms with Gasteiger partial charge in [-0.2, -0.15) is 0 Å². The minimum atomic E-state index is -0.983. The van der Waals surface area contributed by atoms with Crippen molar-refractivity contribution >= 4 is 29.3 Å². The van der Waals surface area contributed by atoms with Gasteiger partial charge >= 0.3 is 5.97 Å². The molecule has 0 unspecified atom stereocenters. The third-order valence-corrected chi connectivity index (χ3v) is 5.12. The van der Waals surface area contributed by atoms with Gasteiger partial charge in [-0.15, -0.1) is 11.3 Å². The van der Waals surface area contributed by atoms with E-state index in [9.17, 15) is 9.59 Å². The zero-order valence-electron chi connectivity index (χ0n) is 11.7. The molecule has 108 valence electrons. The number of nitrogens with one attached hydrogen (secondary N) is 1. The number of aryl methyl sites for hydroxylation is 1. The second kappa shape index (κ2) is 5.79. The summed E-state index contributed by atoms with van der Waals surface area (Å²) in [4.78, 5) is 24.3. The number of hydrogen-bond acceptors (Lipinski definition) is 3. The minimum absolute atomic E-state index is 0.0218. The molecule has 1 fully saturated rings. The van der Waals surface area contributed by atoms with Gasteiger partial charge < -0.3 is 10.4 Å². The van der Waals surface area contributed by atoms with Gasteiger partial charge in [-0.25, -0.2) is 4.79 Å². The van der Waals surface area contributed by atoms with Gasteiger partial charge in [0.05, 0.1) is 4.88 Å². The third kappa shape index (κ3) is 3.10. The van der Waals surface area contributed by atoms with Crippen molar-refractivity contribution in [3.8, 4) is 0 Å². The summed E-state index contributed by atoms with van der Waals surface area (Å²) in [6.07, 6.45) is 6.85. The molecule has 2 rings (SSSR count). The van der Waals surface area contributed by atoms with E-state index in [1.807, 2.05) is 13.0 Å². The molecule has 1 aliphatic rings. The summed E-state index contributed by atoms with van der Waals surface area (Å²) in [5.41, 5.74) is 0.906. The Morgan fingerprint density at radius 1 is 1.50 bits per heavy atom. The highest BCUT2D eigenvalue weighted by atomic mass is 32.1. The molecular formula is C15H19NO3S. The van der Waals surface area contributed by atoms with Crippen molar-refractivity contribution in [2.75, 3.05) is 0 Å². The Balaban J connectivity index is 2.11. The molecule has 0 radical (unpaired) electrons. The van der Waals surface area contributed by atoms with Crippen molar-refractivity contribution in [1.82, 2.24) is 5.32 Å². The Hall–Kier alpha value is -1.62. The topological polar surface area (TPSA) is 66.4 Å². The van der Waals surface area contributed by atoms with Crippen LogP contribution in [0.25, 0.3) is 6.08 Å². The molecule has 1 heterocycles. The molecule has 1 aromatic rings. The van der Waals surface area contributed by atoms with Crippen LogP contribution in [0.4, 0.5) is 0 Å². The molecule has 0 aliphatic heterocycles. The Morgan fingerprint density at radius 2 is 2.20 bits per heavy atom. The number of amides is 1. The highest BCUT2D eigenvalue weighted by Crippen LogP contribution is 2.35. The SMILES string of the molecule is CCC1(NC(=O)c2cc(C)c(/C=C/C(=O)O)s2)CCC1. The van der Waals surface area contributed by atoms with Crippen molar-refractivity contribution in [3.05, 3.63) is 27.5 Å². The van der Waals surface area contributed by atoms with Gasteiger partial charge in [-0.05, 0) is 50.3 Å². The first kappa shape index (κ1) is 14.8. The number of hydrogen-bond donors (Lipinski definition) is 2. The molecule has 1 saturated carbocycles. The number of carboxylic acids is 1. The quantitative estimate of drug-likeness (QED) is 0.819. The molecule has 0 bridgehead atoms. The Labute approximate surface area is 122 Å². The predicted octanol–water partition coefficient (Wildman–Crippen LogP) is 3.22. The molecule has 1 aliphatic carbocycles. The van der Waals surface area contributed by atoms with Crippen molar-refractivity contribution in [2.24, 2.45) is 0 Å². The lowest BCUT2D eigenvalue weighted by atomic mass is 9.75. The molecule has 1 aromatic heterocycles. The maximum absolute atomic E-state index is 12.3. The normalized spacial score (nSPS) is 16.9. The first-order valence-corrected chi connectivity index (χ1v) is 7.61. The number of rotatable bonds is 5. The van der Waals surface area contributed by atoms with Crippen LogP contribution in [0.5, 0.6) is 0 Å². The van der Waals surface area contributed by atoms with Crippen LogP contribution in [-0.2, 0) is 4.79 Å². The summed E-state index contributed by atoms with van der Waals surface area (Å²) >= 11 is 1.33. The average molecular weight is 293 g/mol. The average Bonchev–Trinajstić information content (AvgIpc) is 2.72. The maximum Gasteiger partial charge on any atom is 0.328 e. The highest BCUT2D eigenvalue weighted by molar-refractivity contribution is 7.15. The summed E-state index contributed by atoms with van der Waals surface area (Å²) < 4.78 is 0. The summed E-state index contributed by atoms with van der Waals surface area (Å²) in [6.45, 7) is 3.98. The predicted molar refractivity (Wildman–Crippen MR) is 80.1 cm³/mol. The van der Waals surface area contributed by atoms with Crippen LogP contribution >= 0.6 is 11.3 Å². The summed E-state index contributed by atoms with van der Waals surface area (Å²) in [6, 6.07) is 1.82. The fourth-order valence-corrected chi connectivity index (χ4v) is 3.37. The monoisotopic (exact) mass is 293 g/mol. The van der Waals surface area contributed by atoms with Crippen LogP contribution in [0, 0.1) is 6.92 Å². The van der Waals surface area contributed by atoms with Crippen LogP contribution < -0.4 is 5.32 Å². The highest BCUT2D eigenvalue weighted by Gasteiger charge is 2.36. The molecule has 0 saturated heterocycles. The second-order valence-electron chi connectivity index (χ2n) is 5.27. The van der Waals surface area contributed by atoms with E-state index in [1.54, 1.807) is 0 Å². The second-order valence-corrected chi connectivity index (χ2v) is 6.35. The molecule has 5 heteroatoms. The van der Waals surface area contributed by atoms with Crippen LogP contribution in [-0.4, -0.2) is 22.5 Å². The zero-order chi connectivity index (χ0) is 14.8. The zero-order valence-corrected chi connectivity index (χ0v) is 12.5. The number of carbonyl (C=O) groups excluding carboxylic acids is 1. The molecule has 1 amide bonds. The minimum Gasteiger partial charge on any atom is -0.478 e. The van der Waals surface area contributed by atoms with Gasteiger partial charge in [0.25, 0.3) is 5.91 Å². The Kier molecular flexibility index (Phi) is 4.28. The Bertz CT molecular complexity index is 550. The van der Waals surface area contributed by atoms with Crippen LogP contribution in [0.2, 0.25) is 0 Å². The van der Waals surface area contributed by atoms with E-state index in [0.717, 1.165) is 35.8 Å². The largest absolute Gasteiger partial charge is 0.478 e. The molecule has 4 nitrogen and oxygen atoms in total. The fraction of sp³-hybridized carbons (Fsp3) is 0.467. The molecular weight excluding hydrogens is 274 g/mol. The van der Waals surface area contributed by atoms with E-state index in [2.05, 4.69) is 12.2 Å². The van der Waals surface area contributed by atoms with E-state index < -0.39 is 5.97 Å². The lowest BCUT2D eigenvalue weighted by Crippen LogP contribution is -2.52. The molecule has 0 spiro atoms. The lowest BCUT2D eigenvalue weighted by molar-refractivity contribution is -0.131. The number of aliphatic carboxylic acids is 1. The van der Waals surface area contributed by atoms with E-state index in [4.69, 9.17) is 5.11 Å². The van der Waals surface area contributed by atoms with Gasteiger partial charge in [0, 0.05) is 16.5 Å². The van der Waals surface area contributed by atoms with E-state index in [1.165, 1.54) is 23.8 Å². The summed E-state index contributed by atoms with van der Waals surface area (Å²) in [7, 11) is 0. The van der Waals surface area contributed by atoms with Crippen LogP contribution in [0.3, 0.4) is 0 Å². The fourth-order valence-electron chi connectivity index (χ4n) is 2.39. The van der Waals surface area contributed by atoms with Crippen molar-refractivity contribution in [2.45, 2.75) is 45.1 Å². The first-order chi connectivity index (χ1) is 9.46. The van der Waals surface area contributed by atoms with E-state index in [-0.39, 0.29) is 11.4 Å². The van der Waals surface area contributed by atoms with E-state index >= 15 is 0 Å². The first-order valence-electron chi connectivity index (χ1n) is 6.80. The van der Waals surface area contributed by atoms with Gasteiger partial charge in [-0.1, -0.05) is 6.92 Å². The van der Waals surface area contributed by atoms with E-state index in [0.29, 0.717) is 4.88 Å². The van der Waals surface area contributed by atoms with Gasteiger partial charge in [0.2, 0.25) is 0 Å². The summed E-state index contributed by atoms with van der Waals surface area (Å²) in [5.74, 6) is -1.03. The molecule has 0 atom stereocenters. The maximum atomic E-state index is 12.3. The molecule has 0 aromatic carbocycles. The standard InChI is InChI=1S/C15H19NO3S/c1-3-15(7-4-8-15)16-14(19)12-9-10(2)11(20-12)5-6-13(17)18/h5-6,9H,3-4,7-8H2,1-2H3,(H,16,19)(H,17,18)/b6-5+. The summed E-state index contributed by atoms with van der Waals surface area (Å²) in [5, 5.41) is 11.8. The van der Waals surface area contributed by atoms with Gasteiger partial charge in [0.15, 0.2) is 0 Å². The van der Waals surface area contributed by atoms with Gasteiger partial charge in [-0.3, -0.25) is 4.79 Å². The van der Waals surface area contributed by atoms with Crippen LogP contribution in [0.1, 0.15) is 52.7 Å². The number of thiophene rings is 1. The smallest absolute Gasteiger partial charge is 0.328 e. The Morgan fingerprint density at radius 3 is 2.70 bits per heavy atom. The number of carbonyl (C=O) groups is 2. The van der Waals surface area contributed by atoms with Crippen molar-refractivity contribution in [1.29, 1.82) is 0 Å².